The summed E-state index contributed by atoms with van der Waals surface area (Å²) in [5, 5.41) is 4.41. The summed E-state index contributed by atoms with van der Waals surface area (Å²) in [6.07, 6.45) is 3.62. The largest absolute Gasteiger partial charge is 0.496 e. The van der Waals surface area contributed by atoms with Gasteiger partial charge in [-0.15, -0.1) is 0 Å². The van der Waals surface area contributed by atoms with Crippen molar-refractivity contribution in [3.63, 3.8) is 0 Å². The number of ether oxygens (including phenoxy) is 1. The Labute approximate surface area is 151 Å². The molecule has 0 spiro atoms. The van der Waals surface area contributed by atoms with Crippen molar-refractivity contribution < 1.29 is 4.74 Å². The minimum atomic E-state index is 0.00421. The second-order valence-electron chi connectivity index (χ2n) is 6.45. The van der Waals surface area contributed by atoms with Crippen LogP contribution in [0.15, 0.2) is 67.1 Å². The van der Waals surface area contributed by atoms with Crippen LogP contribution in [0.2, 0.25) is 0 Å². The fourth-order valence-corrected chi connectivity index (χ4v) is 3.99. The maximum atomic E-state index is 5.67. The van der Waals surface area contributed by atoms with E-state index in [2.05, 4.69) is 64.5 Å². The summed E-state index contributed by atoms with van der Waals surface area (Å²) in [5.74, 6) is 0.876. The molecule has 0 aliphatic carbocycles. The van der Waals surface area contributed by atoms with Crippen LogP contribution in [-0.4, -0.2) is 28.8 Å². The van der Waals surface area contributed by atoms with E-state index in [0.29, 0.717) is 0 Å². The first-order valence-corrected chi connectivity index (χ1v) is 8.57. The van der Waals surface area contributed by atoms with Gasteiger partial charge in [0.25, 0.3) is 0 Å². The highest BCUT2D eigenvalue weighted by molar-refractivity contribution is 5.90. The normalized spacial score (nSPS) is 15.6. The van der Waals surface area contributed by atoms with Crippen LogP contribution in [0.25, 0.3) is 16.8 Å². The quantitative estimate of drug-likeness (QED) is 0.553. The number of nitrogens with zero attached hydrogens (tertiary/aromatic N) is 4. The Bertz CT molecular complexity index is 1120. The van der Waals surface area contributed by atoms with Crippen LogP contribution in [0.4, 0.5) is 5.69 Å². The van der Waals surface area contributed by atoms with Gasteiger partial charge in [-0.05, 0) is 18.2 Å². The van der Waals surface area contributed by atoms with Crippen LogP contribution >= 0.6 is 0 Å². The SMILES string of the molecule is COc1ccccc1C1c2ccn3ncnc(c23)-c2ccccc2N1C. The fraction of sp³-hybridized carbons (Fsp3) is 0.143. The Hall–Kier alpha value is -3.34. The van der Waals surface area contributed by atoms with Gasteiger partial charge in [0, 0.05) is 35.6 Å². The zero-order chi connectivity index (χ0) is 17.7. The average Bonchev–Trinajstić information content (AvgIpc) is 3.08. The van der Waals surface area contributed by atoms with E-state index >= 15 is 0 Å². The lowest BCUT2D eigenvalue weighted by Gasteiger charge is -2.31. The smallest absolute Gasteiger partial charge is 0.137 e. The lowest BCUT2D eigenvalue weighted by atomic mass is 9.97. The van der Waals surface area contributed by atoms with Gasteiger partial charge in [0.1, 0.15) is 17.8 Å². The third-order valence-electron chi connectivity index (χ3n) is 5.14. The fourth-order valence-electron chi connectivity index (χ4n) is 3.99. The number of hydrogen-bond donors (Lipinski definition) is 0. The lowest BCUT2D eigenvalue weighted by molar-refractivity contribution is 0.407. The van der Waals surface area contributed by atoms with Crippen LogP contribution in [0.3, 0.4) is 0 Å². The number of benzene rings is 2. The van der Waals surface area contributed by atoms with Gasteiger partial charge in [0.15, 0.2) is 0 Å². The highest BCUT2D eigenvalue weighted by Gasteiger charge is 2.31. The van der Waals surface area contributed by atoms with E-state index in [9.17, 15) is 0 Å². The second kappa shape index (κ2) is 5.59. The topological polar surface area (TPSA) is 42.7 Å². The second-order valence-corrected chi connectivity index (χ2v) is 6.45. The predicted octanol–water partition coefficient (Wildman–Crippen LogP) is 3.94. The van der Waals surface area contributed by atoms with E-state index in [1.165, 1.54) is 5.56 Å². The number of fused-ring (bicyclic) bond motifs is 2. The van der Waals surface area contributed by atoms with Crippen molar-refractivity contribution >= 4 is 11.2 Å². The van der Waals surface area contributed by atoms with Gasteiger partial charge < -0.3 is 9.64 Å². The molecule has 4 aromatic rings. The standard InChI is InChI=1S/C21H18N4O/c1-24-17-9-5-3-7-14(17)19-21-16(11-12-25(21)23-13-22-19)20(24)15-8-4-6-10-18(15)26-2/h3-13,20H,1-2H3. The Morgan fingerprint density at radius 2 is 1.77 bits per heavy atom. The minimum Gasteiger partial charge on any atom is -0.496 e. The van der Waals surface area contributed by atoms with Crippen molar-refractivity contribution in [1.82, 2.24) is 14.6 Å². The van der Waals surface area contributed by atoms with Gasteiger partial charge in [-0.1, -0.05) is 36.4 Å². The number of aromatic nitrogens is 3. The molecule has 3 heterocycles. The molecular formula is C21H18N4O. The summed E-state index contributed by atoms with van der Waals surface area (Å²) >= 11 is 0. The van der Waals surface area contributed by atoms with Gasteiger partial charge in [-0.25, -0.2) is 9.50 Å². The first-order valence-electron chi connectivity index (χ1n) is 8.57. The molecule has 0 N–H and O–H groups in total. The molecule has 5 heteroatoms. The molecule has 0 saturated heterocycles. The summed E-state index contributed by atoms with van der Waals surface area (Å²) in [4.78, 5) is 6.92. The van der Waals surface area contributed by atoms with Crippen molar-refractivity contribution in [2.24, 2.45) is 0 Å². The third-order valence-corrected chi connectivity index (χ3v) is 5.14. The van der Waals surface area contributed by atoms with E-state index in [1.54, 1.807) is 13.4 Å². The third kappa shape index (κ3) is 1.97. The molecule has 0 saturated carbocycles. The van der Waals surface area contributed by atoms with Crippen molar-refractivity contribution in [2.45, 2.75) is 6.04 Å². The molecule has 2 aromatic carbocycles. The zero-order valence-corrected chi connectivity index (χ0v) is 14.6. The van der Waals surface area contributed by atoms with E-state index in [1.807, 2.05) is 22.8 Å². The Morgan fingerprint density at radius 3 is 2.65 bits per heavy atom. The highest BCUT2D eigenvalue weighted by atomic mass is 16.5. The van der Waals surface area contributed by atoms with Crippen LogP contribution < -0.4 is 9.64 Å². The molecule has 1 unspecified atom stereocenters. The molecule has 2 aromatic heterocycles. The van der Waals surface area contributed by atoms with Crippen molar-refractivity contribution in [3.05, 3.63) is 78.2 Å². The van der Waals surface area contributed by atoms with Crippen LogP contribution in [0.1, 0.15) is 17.2 Å². The number of methoxy groups -OCH3 is 1. The molecular weight excluding hydrogens is 324 g/mol. The molecule has 0 radical (unpaired) electrons. The summed E-state index contributed by atoms with van der Waals surface area (Å²) in [6, 6.07) is 18.7. The molecule has 0 fully saturated rings. The van der Waals surface area contributed by atoms with Crippen LogP contribution in [0.5, 0.6) is 5.75 Å². The highest BCUT2D eigenvalue weighted by Crippen LogP contribution is 2.45. The number of anilines is 1. The van der Waals surface area contributed by atoms with Crippen LogP contribution in [0, 0.1) is 0 Å². The first-order chi connectivity index (χ1) is 12.8. The molecule has 0 amide bonds. The molecule has 1 atom stereocenters. The molecule has 128 valence electrons. The molecule has 1 aliphatic heterocycles. The van der Waals surface area contributed by atoms with Gasteiger partial charge in [-0.2, -0.15) is 5.10 Å². The van der Waals surface area contributed by atoms with Gasteiger partial charge in [0.2, 0.25) is 0 Å². The maximum Gasteiger partial charge on any atom is 0.137 e. The minimum absolute atomic E-state index is 0.00421. The van der Waals surface area contributed by atoms with Crippen molar-refractivity contribution in [3.8, 4) is 17.0 Å². The lowest BCUT2D eigenvalue weighted by Crippen LogP contribution is -2.25. The summed E-state index contributed by atoms with van der Waals surface area (Å²) in [6.45, 7) is 0. The van der Waals surface area contributed by atoms with Crippen molar-refractivity contribution in [2.75, 3.05) is 19.1 Å². The van der Waals surface area contributed by atoms with E-state index in [4.69, 9.17) is 4.74 Å². The Morgan fingerprint density at radius 1 is 0.962 bits per heavy atom. The molecule has 0 bridgehead atoms. The van der Waals surface area contributed by atoms with Crippen molar-refractivity contribution in [1.29, 1.82) is 0 Å². The van der Waals surface area contributed by atoms with E-state index in [0.717, 1.165) is 33.8 Å². The molecule has 26 heavy (non-hydrogen) atoms. The van der Waals surface area contributed by atoms with Gasteiger partial charge in [-0.3, -0.25) is 0 Å². The number of para-hydroxylation sites is 2. The molecule has 5 nitrogen and oxygen atoms in total. The maximum absolute atomic E-state index is 5.67. The molecule has 1 aliphatic rings. The zero-order valence-electron chi connectivity index (χ0n) is 14.6. The summed E-state index contributed by atoms with van der Waals surface area (Å²) in [7, 11) is 3.84. The average molecular weight is 342 g/mol. The first kappa shape index (κ1) is 15.0. The Balaban J connectivity index is 1.89. The van der Waals surface area contributed by atoms with E-state index < -0.39 is 0 Å². The Kier molecular flexibility index (Phi) is 3.22. The van der Waals surface area contributed by atoms with Crippen LogP contribution in [-0.2, 0) is 0 Å². The number of rotatable bonds is 2. The van der Waals surface area contributed by atoms with Gasteiger partial charge in [0.05, 0.1) is 18.7 Å². The summed E-state index contributed by atoms with van der Waals surface area (Å²) < 4.78 is 7.58. The number of hydrogen-bond acceptors (Lipinski definition) is 4. The van der Waals surface area contributed by atoms with E-state index in [-0.39, 0.29) is 6.04 Å². The predicted molar refractivity (Wildman–Crippen MR) is 102 cm³/mol. The monoisotopic (exact) mass is 342 g/mol. The van der Waals surface area contributed by atoms with Gasteiger partial charge >= 0.3 is 0 Å². The molecule has 5 rings (SSSR count). The summed E-state index contributed by atoms with van der Waals surface area (Å²) in [5.41, 5.74) is 6.54.